The SMILES string of the molecule is CC[C@H](C)N(C(=O)[C@H]1[C@@H](C(=O)O)[C@@H]2CC[C@@H]1O2)[C@@H](C)CC. The Hall–Kier alpha value is -1.10. The molecule has 0 aliphatic carbocycles. The number of carbonyl (C=O) groups is 2. The quantitative estimate of drug-likeness (QED) is 0.817. The average Bonchev–Trinajstić information content (AvgIpc) is 3.07. The van der Waals surface area contributed by atoms with E-state index in [1.54, 1.807) is 0 Å². The van der Waals surface area contributed by atoms with Crippen LogP contribution in [0.2, 0.25) is 0 Å². The Kier molecular flexibility index (Phi) is 4.91. The topological polar surface area (TPSA) is 66.8 Å². The van der Waals surface area contributed by atoms with E-state index in [1.165, 1.54) is 0 Å². The Balaban J connectivity index is 2.25. The van der Waals surface area contributed by atoms with Crippen LogP contribution in [0.25, 0.3) is 0 Å². The fourth-order valence-electron chi connectivity index (χ4n) is 3.74. The molecule has 120 valence electrons. The molecule has 0 aromatic rings. The zero-order valence-corrected chi connectivity index (χ0v) is 13.4. The van der Waals surface area contributed by atoms with Gasteiger partial charge in [0.05, 0.1) is 24.0 Å². The molecule has 1 amide bonds. The summed E-state index contributed by atoms with van der Waals surface area (Å²) in [6.07, 6.45) is 2.82. The molecule has 2 aliphatic heterocycles. The number of amides is 1. The largest absolute Gasteiger partial charge is 0.481 e. The summed E-state index contributed by atoms with van der Waals surface area (Å²) in [7, 11) is 0. The summed E-state index contributed by atoms with van der Waals surface area (Å²) < 4.78 is 5.73. The lowest BCUT2D eigenvalue weighted by Crippen LogP contribution is -2.51. The number of carboxylic acids is 1. The Labute approximate surface area is 126 Å². The van der Waals surface area contributed by atoms with Crippen molar-refractivity contribution in [3.05, 3.63) is 0 Å². The minimum absolute atomic E-state index is 0.0294. The van der Waals surface area contributed by atoms with Gasteiger partial charge in [0, 0.05) is 12.1 Å². The number of rotatable bonds is 6. The molecule has 2 saturated heterocycles. The van der Waals surface area contributed by atoms with E-state index in [0.29, 0.717) is 0 Å². The highest BCUT2D eigenvalue weighted by atomic mass is 16.5. The number of carboxylic acid groups (broad SMARTS) is 1. The third-order valence-corrected chi connectivity index (χ3v) is 5.23. The molecule has 6 atom stereocenters. The van der Waals surface area contributed by atoms with Crippen LogP contribution in [0.1, 0.15) is 53.4 Å². The highest BCUT2D eigenvalue weighted by Gasteiger charge is 2.56. The van der Waals surface area contributed by atoms with Gasteiger partial charge in [-0.2, -0.15) is 0 Å². The first-order valence-electron chi connectivity index (χ1n) is 8.12. The van der Waals surface area contributed by atoms with Gasteiger partial charge in [0.25, 0.3) is 0 Å². The molecule has 2 fully saturated rings. The smallest absolute Gasteiger partial charge is 0.310 e. The molecule has 0 saturated carbocycles. The number of fused-ring (bicyclic) bond motifs is 2. The van der Waals surface area contributed by atoms with Crippen LogP contribution in [0.3, 0.4) is 0 Å². The monoisotopic (exact) mass is 297 g/mol. The van der Waals surface area contributed by atoms with Gasteiger partial charge < -0.3 is 14.7 Å². The summed E-state index contributed by atoms with van der Waals surface area (Å²) in [5, 5.41) is 9.48. The highest BCUT2D eigenvalue weighted by molar-refractivity contribution is 5.87. The van der Waals surface area contributed by atoms with E-state index >= 15 is 0 Å². The van der Waals surface area contributed by atoms with Crippen molar-refractivity contribution in [2.75, 3.05) is 0 Å². The van der Waals surface area contributed by atoms with Crippen LogP contribution in [0, 0.1) is 11.8 Å². The molecule has 5 heteroatoms. The van der Waals surface area contributed by atoms with Gasteiger partial charge in [-0.15, -0.1) is 0 Å². The molecule has 5 nitrogen and oxygen atoms in total. The van der Waals surface area contributed by atoms with Crippen molar-refractivity contribution in [1.82, 2.24) is 4.90 Å². The van der Waals surface area contributed by atoms with Gasteiger partial charge in [0.1, 0.15) is 0 Å². The number of hydrogen-bond acceptors (Lipinski definition) is 3. The lowest BCUT2D eigenvalue weighted by atomic mass is 9.78. The standard InChI is InChI=1S/C16H27NO4/c1-5-9(3)17(10(4)6-2)15(18)13-11-7-8-12(21-11)14(13)16(19)20/h9-14H,5-8H2,1-4H3,(H,19,20)/t9-,10-,11-,12-,13+,14-/m0/s1. The van der Waals surface area contributed by atoms with Crippen LogP contribution in [-0.4, -0.2) is 46.2 Å². The van der Waals surface area contributed by atoms with Crippen LogP contribution in [-0.2, 0) is 14.3 Å². The predicted octanol–water partition coefficient (Wildman–Crippen LogP) is 2.29. The van der Waals surface area contributed by atoms with Crippen molar-refractivity contribution in [2.45, 2.75) is 77.7 Å². The van der Waals surface area contributed by atoms with Crippen molar-refractivity contribution < 1.29 is 19.4 Å². The molecule has 0 spiro atoms. The fourth-order valence-corrected chi connectivity index (χ4v) is 3.74. The second-order valence-corrected chi connectivity index (χ2v) is 6.44. The first kappa shape index (κ1) is 16.3. The summed E-state index contributed by atoms with van der Waals surface area (Å²) >= 11 is 0. The Bertz CT molecular complexity index is 401. The Morgan fingerprint density at radius 1 is 1.10 bits per heavy atom. The molecule has 0 unspecified atom stereocenters. The number of hydrogen-bond donors (Lipinski definition) is 1. The lowest BCUT2D eigenvalue weighted by molar-refractivity contribution is -0.153. The lowest BCUT2D eigenvalue weighted by Gasteiger charge is -2.38. The zero-order valence-electron chi connectivity index (χ0n) is 13.4. The second-order valence-electron chi connectivity index (χ2n) is 6.44. The maximum atomic E-state index is 13.0. The second kappa shape index (κ2) is 6.34. The molecular weight excluding hydrogens is 270 g/mol. The molecule has 0 aromatic heterocycles. The maximum absolute atomic E-state index is 13.0. The van der Waals surface area contributed by atoms with Crippen molar-refractivity contribution in [1.29, 1.82) is 0 Å². The van der Waals surface area contributed by atoms with Gasteiger partial charge in [0.15, 0.2) is 0 Å². The van der Waals surface area contributed by atoms with E-state index in [1.807, 2.05) is 18.7 Å². The summed E-state index contributed by atoms with van der Waals surface area (Å²) in [5.41, 5.74) is 0. The third kappa shape index (κ3) is 2.80. The third-order valence-electron chi connectivity index (χ3n) is 5.23. The van der Waals surface area contributed by atoms with Crippen molar-refractivity contribution in [3.63, 3.8) is 0 Å². The van der Waals surface area contributed by atoms with E-state index in [-0.39, 0.29) is 30.2 Å². The summed E-state index contributed by atoms with van der Waals surface area (Å²) in [5.74, 6) is -2.11. The summed E-state index contributed by atoms with van der Waals surface area (Å²) in [6.45, 7) is 8.18. The number of carbonyl (C=O) groups excluding carboxylic acids is 1. The van der Waals surface area contributed by atoms with Crippen molar-refractivity contribution >= 4 is 11.9 Å². The van der Waals surface area contributed by atoms with Gasteiger partial charge >= 0.3 is 5.97 Å². The molecule has 0 aromatic carbocycles. The molecule has 1 N–H and O–H groups in total. The number of aliphatic carboxylic acids is 1. The van der Waals surface area contributed by atoms with Crippen LogP contribution in [0.5, 0.6) is 0 Å². The Morgan fingerprint density at radius 2 is 1.57 bits per heavy atom. The van der Waals surface area contributed by atoms with E-state index in [2.05, 4.69) is 13.8 Å². The van der Waals surface area contributed by atoms with Crippen LogP contribution >= 0.6 is 0 Å². The van der Waals surface area contributed by atoms with Crippen LogP contribution in [0.4, 0.5) is 0 Å². The van der Waals surface area contributed by atoms with E-state index in [0.717, 1.165) is 25.7 Å². The summed E-state index contributed by atoms with van der Waals surface area (Å²) in [4.78, 5) is 26.5. The fraction of sp³-hybridized carbons (Fsp3) is 0.875. The predicted molar refractivity (Wildman–Crippen MR) is 78.9 cm³/mol. The molecule has 2 aliphatic rings. The van der Waals surface area contributed by atoms with Gasteiger partial charge in [-0.1, -0.05) is 13.8 Å². The van der Waals surface area contributed by atoms with Gasteiger partial charge in [-0.05, 0) is 39.5 Å². The first-order chi connectivity index (χ1) is 9.92. The Morgan fingerprint density at radius 3 is 2.00 bits per heavy atom. The average molecular weight is 297 g/mol. The minimum Gasteiger partial charge on any atom is -0.481 e. The maximum Gasteiger partial charge on any atom is 0.310 e. The summed E-state index contributed by atoms with van der Waals surface area (Å²) in [6, 6.07) is 0.252. The molecule has 21 heavy (non-hydrogen) atoms. The first-order valence-corrected chi connectivity index (χ1v) is 8.12. The van der Waals surface area contributed by atoms with E-state index < -0.39 is 17.8 Å². The van der Waals surface area contributed by atoms with Crippen LogP contribution in [0.15, 0.2) is 0 Å². The van der Waals surface area contributed by atoms with E-state index in [9.17, 15) is 14.7 Å². The normalized spacial score (nSPS) is 33.7. The van der Waals surface area contributed by atoms with Crippen molar-refractivity contribution in [3.8, 4) is 0 Å². The van der Waals surface area contributed by atoms with Crippen LogP contribution < -0.4 is 0 Å². The number of ether oxygens (including phenoxy) is 1. The van der Waals surface area contributed by atoms with E-state index in [4.69, 9.17) is 4.74 Å². The molecule has 2 bridgehead atoms. The number of nitrogens with zero attached hydrogens (tertiary/aromatic N) is 1. The molecule has 0 radical (unpaired) electrons. The van der Waals surface area contributed by atoms with Gasteiger partial charge in [-0.25, -0.2) is 0 Å². The molecule has 2 rings (SSSR count). The van der Waals surface area contributed by atoms with Crippen molar-refractivity contribution in [2.24, 2.45) is 11.8 Å². The van der Waals surface area contributed by atoms with Gasteiger partial charge in [-0.3, -0.25) is 9.59 Å². The molecular formula is C16H27NO4. The molecule has 2 heterocycles. The van der Waals surface area contributed by atoms with Gasteiger partial charge in [0.2, 0.25) is 5.91 Å². The highest BCUT2D eigenvalue weighted by Crippen LogP contribution is 2.44. The zero-order chi connectivity index (χ0) is 15.7. The minimum atomic E-state index is -0.895.